The van der Waals surface area contributed by atoms with Gasteiger partial charge in [-0.3, -0.25) is 4.79 Å². The van der Waals surface area contributed by atoms with E-state index >= 15 is 0 Å². The Morgan fingerprint density at radius 2 is 2.21 bits per heavy atom. The minimum Gasteiger partial charge on any atom is -0.381 e. The molecule has 1 saturated heterocycles. The summed E-state index contributed by atoms with van der Waals surface area (Å²) in [5, 5.41) is 4.00. The van der Waals surface area contributed by atoms with Gasteiger partial charge in [-0.25, -0.2) is 0 Å². The fourth-order valence-corrected chi connectivity index (χ4v) is 2.22. The van der Waals surface area contributed by atoms with Crippen molar-refractivity contribution in [3.05, 3.63) is 35.7 Å². The van der Waals surface area contributed by atoms with E-state index in [0.717, 1.165) is 13.0 Å². The van der Waals surface area contributed by atoms with Gasteiger partial charge >= 0.3 is 0 Å². The summed E-state index contributed by atoms with van der Waals surface area (Å²) in [4.78, 5) is 16.0. The van der Waals surface area contributed by atoms with E-state index in [4.69, 9.17) is 9.26 Å². The lowest BCUT2D eigenvalue weighted by Gasteiger charge is -2.01. The number of carbonyl (C=O) groups excluding carboxylic acids is 1. The van der Waals surface area contributed by atoms with Crippen LogP contribution < -0.4 is 0 Å². The van der Waals surface area contributed by atoms with Crippen molar-refractivity contribution in [1.82, 2.24) is 10.1 Å². The van der Waals surface area contributed by atoms with Gasteiger partial charge in [0.2, 0.25) is 0 Å². The summed E-state index contributed by atoms with van der Waals surface area (Å²) >= 11 is 0. The highest BCUT2D eigenvalue weighted by Gasteiger charge is 2.24. The fourth-order valence-electron chi connectivity index (χ4n) is 2.22. The van der Waals surface area contributed by atoms with Crippen molar-refractivity contribution in [2.75, 3.05) is 13.2 Å². The number of aromatic nitrogens is 2. The molecule has 0 spiro atoms. The van der Waals surface area contributed by atoms with Crippen LogP contribution in [0, 0.1) is 0 Å². The molecule has 1 unspecified atom stereocenters. The molecule has 0 bridgehead atoms. The molecule has 0 amide bonds. The zero-order valence-corrected chi connectivity index (χ0v) is 10.6. The van der Waals surface area contributed by atoms with Crippen LogP contribution in [0.25, 0.3) is 11.5 Å². The van der Waals surface area contributed by atoms with Gasteiger partial charge < -0.3 is 9.26 Å². The molecule has 1 atom stereocenters. The second-order valence-corrected chi connectivity index (χ2v) is 4.62. The van der Waals surface area contributed by atoms with Crippen LogP contribution in [0.15, 0.2) is 28.8 Å². The van der Waals surface area contributed by atoms with Crippen LogP contribution >= 0.6 is 0 Å². The zero-order valence-electron chi connectivity index (χ0n) is 10.6. The lowest BCUT2D eigenvalue weighted by atomic mass is 10.0. The second kappa shape index (κ2) is 4.93. The summed E-state index contributed by atoms with van der Waals surface area (Å²) in [7, 11) is 0. The predicted octanol–water partition coefficient (Wildman–Crippen LogP) is 2.44. The Labute approximate surface area is 110 Å². The number of rotatable bonds is 3. The normalized spacial score (nSPS) is 18.7. The maximum atomic E-state index is 11.6. The van der Waals surface area contributed by atoms with Gasteiger partial charge in [0.05, 0.1) is 12.2 Å². The van der Waals surface area contributed by atoms with Crippen LogP contribution in [-0.4, -0.2) is 29.1 Å². The Morgan fingerprint density at radius 3 is 2.95 bits per heavy atom. The van der Waals surface area contributed by atoms with Gasteiger partial charge in [0, 0.05) is 18.1 Å². The van der Waals surface area contributed by atoms with Crippen molar-refractivity contribution in [1.29, 1.82) is 0 Å². The van der Waals surface area contributed by atoms with E-state index in [1.54, 1.807) is 6.07 Å². The Bertz CT molecular complexity index is 600. The molecule has 2 aromatic rings. The minimum atomic E-state index is -0.0143. The molecule has 1 aliphatic heterocycles. The molecule has 1 aliphatic rings. The number of nitrogens with zero attached hydrogens (tertiary/aromatic N) is 2. The van der Waals surface area contributed by atoms with Crippen molar-refractivity contribution >= 4 is 5.78 Å². The van der Waals surface area contributed by atoms with E-state index in [9.17, 15) is 4.79 Å². The van der Waals surface area contributed by atoms with E-state index in [-0.39, 0.29) is 11.7 Å². The quantitative estimate of drug-likeness (QED) is 0.791. The minimum absolute atomic E-state index is 0.0143. The fraction of sp³-hybridized carbons (Fsp3) is 0.357. The molecule has 0 saturated carbocycles. The van der Waals surface area contributed by atoms with E-state index in [1.165, 1.54) is 6.92 Å². The van der Waals surface area contributed by atoms with Gasteiger partial charge in [-0.1, -0.05) is 23.4 Å². The van der Waals surface area contributed by atoms with Gasteiger partial charge in [-0.2, -0.15) is 4.98 Å². The first-order chi connectivity index (χ1) is 9.25. The third kappa shape index (κ3) is 2.29. The van der Waals surface area contributed by atoms with Crippen LogP contribution in [0.4, 0.5) is 0 Å². The Morgan fingerprint density at radius 1 is 1.37 bits per heavy atom. The molecule has 0 radical (unpaired) electrons. The number of carbonyl (C=O) groups is 1. The van der Waals surface area contributed by atoms with E-state index in [0.29, 0.717) is 29.4 Å². The number of ketones is 1. The smallest absolute Gasteiger partial charge is 0.258 e. The summed E-state index contributed by atoms with van der Waals surface area (Å²) in [5.74, 6) is 1.24. The van der Waals surface area contributed by atoms with Crippen LogP contribution in [-0.2, 0) is 4.74 Å². The van der Waals surface area contributed by atoms with Crippen LogP contribution in [0.1, 0.15) is 35.4 Å². The highest BCUT2D eigenvalue weighted by atomic mass is 16.5. The van der Waals surface area contributed by atoms with Crippen molar-refractivity contribution in [2.45, 2.75) is 19.3 Å². The lowest BCUT2D eigenvalue weighted by Crippen LogP contribution is -2.00. The molecular formula is C14H14N2O3. The third-order valence-electron chi connectivity index (χ3n) is 3.27. The molecule has 0 N–H and O–H groups in total. The summed E-state index contributed by atoms with van der Waals surface area (Å²) in [6.45, 7) is 2.90. The van der Waals surface area contributed by atoms with Crippen molar-refractivity contribution < 1.29 is 14.1 Å². The van der Waals surface area contributed by atoms with Crippen molar-refractivity contribution in [3.63, 3.8) is 0 Å². The lowest BCUT2D eigenvalue weighted by molar-refractivity contribution is 0.101. The number of ether oxygens (including phenoxy) is 1. The predicted molar refractivity (Wildman–Crippen MR) is 67.9 cm³/mol. The monoisotopic (exact) mass is 258 g/mol. The molecule has 19 heavy (non-hydrogen) atoms. The largest absolute Gasteiger partial charge is 0.381 e. The maximum Gasteiger partial charge on any atom is 0.258 e. The molecule has 3 rings (SSSR count). The van der Waals surface area contributed by atoms with Crippen LogP contribution in [0.2, 0.25) is 0 Å². The molecule has 2 heterocycles. The first-order valence-corrected chi connectivity index (χ1v) is 6.27. The molecule has 5 heteroatoms. The number of benzene rings is 1. The second-order valence-electron chi connectivity index (χ2n) is 4.62. The van der Waals surface area contributed by atoms with E-state index in [2.05, 4.69) is 10.1 Å². The van der Waals surface area contributed by atoms with Gasteiger partial charge in [0.15, 0.2) is 11.6 Å². The maximum absolute atomic E-state index is 11.6. The van der Waals surface area contributed by atoms with Gasteiger partial charge in [-0.15, -0.1) is 0 Å². The molecule has 1 aromatic carbocycles. The van der Waals surface area contributed by atoms with Crippen molar-refractivity contribution in [2.24, 2.45) is 0 Å². The first-order valence-electron chi connectivity index (χ1n) is 6.27. The summed E-state index contributed by atoms with van der Waals surface area (Å²) in [6.07, 6.45) is 0.910. The molecular weight excluding hydrogens is 244 g/mol. The van der Waals surface area contributed by atoms with Gasteiger partial charge in [-0.05, 0) is 19.4 Å². The van der Waals surface area contributed by atoms with Gasteiger partial charge in [0.25, 0.3) is 5.89 Å². The molecule has 5 nitrogen and oxygen atoms in total. The standard InChI is InChI=1S/C14H14N2O3/c1-9(17)11-4-2-3-5-12(11)14-15-13(16-19-14)10-6-7-18-8-10/h2-5,10H,6-8H2,1H3. The number of Topliss-reactive ketones (excluding diaryl/α,β-unsaturated/α-hetero) is 1. The molecule has 1 fully saturated rings. The number of hydrogen-bond acceptors (Lipinski definition) is 5. The molecule has 98 valence electrons. The summed E-state index contributed by atoms with van der Waals surface area (Å²) in [6, 6.07) is 7.26. The highest BCUT2D eigenvalue weighted by molar-refractivity contribution is 5.99. The topological polar surface area (TPSA) is 65.2 Å². The SMILES string of the molecule is CC(=O)c1ccccc1-c1nc(C2CCOC2)no1. The number of hydrogen-bond donors (Lipinski definition) is 0. The van der Waals surface area contributed by atoms with Crippen LogP contribution in [0.5, 0.6) is 0 Å². The average molecular weight is 258 g/mol. The Hall–Kier alpha value is -2.01. The molecule has 1 aromatic heterocycles. The first kappa shape index (κ1) is 12.0. The van der Waals surface area contributed by atoms with Crippen LogP contribution in [0.3, 0.4) is 0 Å². The molecule has 0 aliphatic carbocycles. The Balaban J connectivity index is 1.96. The van der Waals surface area contributed by atoms with Crippen molar-refractivity contribution in [3.8, 4) is 11.5 Å². The average Bonchev–Trinajstić information content (AvgIpc) is 3.09. The third-order valence-corrected chi connectivity index (χ3v) is 3.27. The van der Waals surface area contributed by atoms with E-state index < -0.39 is 0 Å². The highest BCUT2D eigenvalue weighted by Crippen LogP contribution is 2.27. The van der Waals surface area contributed by atoms with E-state index in [1.807, 2.05) is 18.2 Å². The summed E-state index contributed by atoms with van der Waals surface area (Å²) < 4.78 is 10.6. The summed E-state index contributed by atoms with van der Waals surface area (Å²) in [5.41, 5.74) is 1.29. The Kier molecular flexibility index (Phi) is 3.13. The van der Waals surface area contributed by atoms with Gasteiger partial charge in [0.1, 0.15) is 0 Å². The zero-order chi connectivity index (χ0) is 13.2.